The SMILES string of the molecule is Cc1cc(NC(=O)C(=O)c2c(C)nn(-c3cccc(C(F)(F)F)c3)c2C)ccc1N1CCN(C)CC1. The van der Waals surface area contributed by atoms with Crippen LogP contribution >= 0.6 is 0 Å². The second-order valence-corrected chi connectivity index (χ2v) is 9.08. The van der Waals surface area contributed by atoms with Gasteiger partial charge in [-0.1, -0.05) is 6.07 Å². The summed E-state index contributed by atoms with van der Waals surface area (Å²) in [4.78, 5) is 30.4. The lowest BCUT2D eigenvalue weighted by Gasteiger charge is -2.35. The van der Waals surface area contributed by atoms with Crippen LogP contribution in [0.3, 0.4) is 0 Å². The van der Waals surface area contributed by atoms with E-state index in [0.29, 0.717) is 5.69 Å². The monoisotopic (exact) mass is 499 g/mol. The van der Waals surface area contributed by atoms with E-state index in [9.17, 15) is 22.8 Å². The van der Waals surface area contributed by atoms with Gasteiger partial charge >= 0.3 is 6.18 Å². The van der Waals surface area contributed by atoms with Crippen molar-refractivity contribution in [1.82, 2.24) is 14.7 Å². The molecule has 0 aliphatic carbocycles. The number of alkyl halides is 3. The number of hydrogen-bond acceptors (Lipinski definition) is 5. The highest BCUT2D eigenvalue weighted by Gasteiger charge is 2.31. The van der Waals surface area contributed by atoms with Gasteiger partial charge in [-0.05, 0) is 69.8 Å². The van der Waals surface area contributed by atoms with Crippen LogP contribution in [0.15, 0.2) is 42.5 Å². The van der Waals surface area contributed by atoms with E-state index in [-0.39, 0.29) is 22.6 Å². The van der Waals surface area contributed by atoms with Gasteiger partial charge in [0.1, 0.15) is 0 Å². The molecule has 2 aromatic carbocycles. The number of halogens is 3. The van der Waals surface area contributed by atoms with E-state index in [1.165, 1.54) is 16.8 Å². The van der Waals surface area contributed by atoms with Gasteiger partial charge in [0.25, 0.3) is 11.7 Å². The highest BCUT2D eigenvalue weighted by atomic mass is 19.4. The van der Waals surface area contributed by atoms with Crippen molar-refractivity contribution < 1.29 is 22.8 Å². The van der Waals surface area contributed by atoms with Crippen molar-refractivity contribution in [1.29, 1.82) is 0 Å². The molecule has 0 radical (unpaired) electrons. The summed E-state index contributed by atoms with van der Waals surface area (Å²) < 4.78 is 40.7. The van der Waals surface area contributed by atoms with Crippen molar-refractivity contribution in [3.8, 4) is 5.69 Å². The Morgan fingerprint density at radius 2 is 1.67 bits per heavy atom. The van der Waals surface area contributed by atoms with Crippen molar-refractivity contribution in [3.63, 3.8) is 0 Å². The van der Waals surface area contributed by atoms with Gasteiger partial charge < -0.3 is 15.1 Å². The van der Waals surface area contributed by atoms with Crippen LogP contribution in [0, 0.1) is 20.8 Å². The zero-order chi connectivity index (χ0) is 26.2. The lowest BCUT2D eigenvalue weighted by Crippen LogP contribution is -2.44. The van der Waals surface area contributed by atoms with Gasteiger partial charge in [0.2, 0.25) is 0 Å². The number of carbonyl (C=O) groups is 2. The number of benzene rings is 2. The quantitative estimate of drug-likeness (QED) is 0.417. The summed E-state index contributed by atoms with van der Waals surface area (Å²) in [6, 6.07) is 10.2. The second-order valence-electron chi connectivity index (χ2n) is 9.08. The maximum atomic E-state index is 13.1. The lowest BCUT2D eigenvalue weighted by atomic mass is 10.1. The molecule has 1 amide bonds. The number of piperazine rings is 1. The van der Waals surface area contributed by atoms with Crippen molar-refractivity contribution in [3.05, 3.63) is 70.5 Å². The number of Topliss-reactive ketones (excluding diaryl/α,β-unsaturated/α-hetero) is 1. The topological polar surface area (TPSA) is 70.5 Å². The Kier molecular flexibility index (Phi) is 6.90. The minimum atomic E-state index is -4.51. The molecule has 2 heterocycles. The summed E-state index contributed by atoms with van der Waals surface area (Å²) in [5.41, 5.74) is 2.49. The first kappa shape index (κ1) is 25.4. The second kappa shape index (κ2) is 9.77. The molecule has 0 atom stereocenters. The summed E-state index contributed by atoms with van der Waals surface area (Å²) in [5, 5.41) is 6.89. The Hall–Kier alpha value is -3.66. The number of aryl methyl sites for hydroxylation is 2. The molecule has 1 aromatic heterocycles. The molecule has 0 saturated carbocycles. The molecule has 3 aromatic rings. The van der Waals surface area contributed by atoms with Gasteiger partial charge in [-0.2, -0.15) is 18.3 Å². The van der Waals surface area contributed by atoms with E-state index in [1.807, 2.05) is 19.1 Å². The zero-order valence-corrected chi connectivity index (χ0v) is 20.6. The van der Waals surface area contributed by atoms with Crippen LogP contribution in [0.5, 0.6) is 0 Å². The van der Waals surface area contributed by atoms with Gasteiger partial charge in [0.15, 0.2) is 0 Å². The Morgan fingerprint density at radius 3 is 2.31 bits per heavy atom. The number of carbonyl (C=O) groups excluding carboxylic acids is 2. The number of nitrogens with zero attached hydrogens (tertiary/aromatic N) is 4. The highest BCUT2D eigenvalue weighted by molar-refractivity contribution is 6.47. The number of anilines is 2. The smallest absolute Gasteiger partial charge is 0.369 e. The van der Waals surface area contributed by atoms with E-state index >= 15 is 0 Å². The predicted octanol–water partition coefficient (Wildman–Crippen LogP) is 4.39. The number of nitrogens with one attached hydrogen (secondary N) is 1. The highest BCUT2D eigenvalue weighted by Crippen LogP contribution is 2.31. The van der Waals surface area contributed by atoms with E-state index < -0.39 is 23.4 Å². The van der Waals surface area contributed by atoms with Crippen LogP contribution < -0.4 is 10.2 Å². The lowest BCUT2D eigenvalue weighted by molar-refractivity contribution is -0.137. The molecule has 36 heavy (non-hydrogen) atoms. The van der Waals surface area contributed by atoms with E-state index in [4.69, 9.17) is 0 Å². The number of aromatic nitrogens is 2. The van der Waals surface area contributed by atoms with Crippen molar-refractivity contribution >= 4 is 23.1 Å². The Labute approximate surface area is 207 Å². The standard InChI is InChI=1S/C26H28F3N5O2/c1-16-14-20(8-9-22(16)33-12-10-32(4)11-13-33)30-25(36)24(35)23-17(2)31-34(18(23)3)21-7-5-6-19(15-21)26(27,28)29/h5-9,14-15H,10-13H2,1-4H3,(H,30,36). The van der Waals surface area contributed by atoms with Crippen LogP contribution in [0.4, 0.5) is 24.5 Å². The van der Waals surface area contributed by atoms with E-state index in [2.05, 4.69) is 27.3 Å². The van der Waals surface area contributed by atoms with Crippen LogP contribution in [0.1, 0.15) is 32.9 Å². The number of likely N-dealkylation sites (N-methyl/N-ethyl adjacent to an activating group) is 1. The minimum absolute atomic E-state index is 0.0655. The van der Waals surface area contributed by atoms with Crippen molar-refractivity contribution in [2.45, 2.75) is 26.9 Å². The third kappa shape index (κ3) is 5.13. The number of hydrogen-bond donors (Lipinski definition) is 1. The number of rotatable bonds is 5. The molecule has 1 aliphatic rings. The molecule has 1 fully saturated rings. The van der Waals surface area contributed by atoms with Gasteiger partial charge in [-0.15, -0.1) is 0 Å². The summed E-state index contributed by atoms with van der Waals surface area (Å²) >= 11 is 0. The third-order valence-corrected chi connectivity index (χ3v) is 6.44. The van der Waals surface area contributed by atoms with Crippen molar-refractivity contribution in [2.24, 2.45) is 0 Å². The minimum Gasteiger partial charge on any atom is -0.369 e. The molecule has 0 bridgehead atoms. The van der Waals surface area contributed by atoms with Gasteiger partial charge in [-0.25, -0.2) is 4.68 Å². The summed E-state index contributed by atoms with van der Waals surface area (Å²) in [5.74, 6) is -1.64. The molecule has 0 unspecified atom stereocenters. The van der Waals surface area contributed by atoms with Crippen LogP contribution in [0.2, 0.25) is 0 Å². The Balaban J connectivity index is 1.53. The first-order valence-electron chi connectivity index (χ1n) is 11.6. The predicted molar refractivity (Wildman–Crippen MR) is 132 cm³/mol. The van der Waals surface area contributed by atoms with Crippen LogP contribution in [-0.2, 0) is 11.0 Å². The molecule has 7 nitrogen and oxygen atoms in total. The fourth-order valence-electron chi connectivity index (χ4n) is 4.47. The van der Waals surface area contributed by atoms with Crippen LogP contribution in [0.25, 0.3) is 5.69 Å². The first-order valence-corrected chi connectivity index (χ1v) is 11.6. The largest absolute Gasteiger partial charge is 0.416 e. The zero-order valence-electron chi connectivity index (χ0n) is 20.6. The Bertz CT molecular complexity index is 1310. The first-order chi connectivity index (χ1) is 17.0. The molecule has 1 N–H and O–H groups in total. The number of amides is 1. The fourth-order valence-corrected chi connectivity index (χ4v) is 4.47. The average molecular weight is 500 g/mol. The van der Waals surface area contributed by atoms with Gasteiger partial charge in [0.05, 0.1) is 28.2 Å². The molecule has 10 heteroatoms. The summed E-state index contributed by atoms with van der Waals surface area (Å²) in [6.07, 6.45) is -4.51. The summed E-state index contributed by atoms with van der Waals surface area (Å²) in [7, 11) is 2.09. The maximum absolute atomic E-state index is 13.1. The maximum Gasteiger partial charge on any atom is 0.416 e. The van der Waals surface area contributed by atoms with Crippen molar-refractivity contribution in [2.75, 3.05) is 43.4 Å². The average Bonchev–Trinajstić information content (AvgIpc) is 3.12. The molecule has 4 rings (SSSR count). The Morgan fingerprint density at radius 1 is 0.972 bits per heavy atom. The van der Waals surface area contributed by atoms with E-state index in [0.717, 1.165) is 49.6 Å². The molecular weight excluding hydrogens is 471 g/mol. The number of ketones is 1. The fraction of sp³-hybridized carbons (Fsp3) is 0.346. The van der Waals surface area contributed by atoms with Gasteiger partial charge in [0, 0.05) is 37.6 Å². The third-order valence-electron chi connectivity index (χ3n) is 6.44. The van der Waals surface area contributed by atoms with E-state index in [1.54, 1.807) is 19.9 Å². The molecule has 0 spiro atoms. The van der Waals surface area contributed by atoms with Crippen LogP contribution in [-0.4, -0.2) is 59.6 Å². The van der Waals surface area contributed by atoms with Gasteiger partial charge in [-0.3, -0.25) is 9.59 Å². The normalized spacial score (nSPS) is 14.7. The molecule has 190 valence electrons. The molecule has 1 saturated heterocycles. The summed E-state index contributed by atoms with van der Waals surface area (Å²) in [6.45, 7) is 8.82. The molecule has 1 aliphatic heterocycles. The molecular formula is C26H28F3N5O2.